The maximum absolute atomic E-state index is 13.3. The molecule has 3 aromatic rings. The molecule has 1 aliphatic rings. The summed E-state index contributed by atoms with van der Waals surface area (Å²) in [5.41, 5.74) is 0.471. The second kappa shape index (κ2) is 7.76. The van der Waals surface area contributed by atoms with Crippen molar-refractivity contribution in [3.63, 3.8) is 0 Å². The Morgan fingerprint density at radius 1 is 1.00 bits per heavy atom. The van der Waals surface area contributed by atoms with Crippen LogP contribution in [0.25, 0.3) is 0 Å². The number of rotatable bonds is 5. The van der Waals surface area contributed by atoms with Crippen molar-refractivity contribution in [3.05, 3.63) is 63.7 Å². The zero-order chi connectivity index (χ0) is 20.4. The van der Waals surface area contributed by atoms with E-state index in [4.69, 9.17) is 21.1 Å². The second-order valence-electron chi connectivity index (χ2n) is 5.91. The molecule has 0 aliphatic carbocycles. The number of halogens is 2. The van der Waals surface area contributed by atoms with E-state index in [1.807, 2.05) is 0 Å². The van der Waals surface area contributed by atoms with E-state index in [1.165, 1.54) is 18.5 Å². The van der Waals surface area contributed by atoms with Crippen LogP contribution in [0.3, 0.4) is 0 Å². The van der Waals surface area contributed by atoms with Gasteiger partial charge in [0.05, 0.1) is 9.95 Å². The summed E-state index contributed by atoms with van der Waals surface area (Å²) in [5, 5.41) is 17.2. The van der Waals surface area contributed by atoms with Gasteiger partial charge in [0, 0.05) is 17.4 Å². The topological polar surface area (TPSA) is 111 Å². The number of ether oxygens (including phenoxy) is 2. The van der Waals surface area contributed by atoms with Gasteiger partial charge in [-0.3, -0.25) is 10.1 Å². The highest BCUT2D eigenvalue weighted by molar-refractivity contribution is 6.31. The zero-order valence-corrected chi connectivity index (χ0v) is 15.4. The summed E-state index contributed by atoms with van der Waals surface area (Å²) in [4.78, 5) is 19.0. The minimum absolute atomic E-state index is 0.0302. The molecule has 0 radical (unpaired) electrons. The lowest BCUT2D eigenvalue weighted by molar-refractivity contribution is -0.383. The minimum Gasteiger partial charge on any atom is -0.486 e. The number of nitro groups is 1. The van der Waals surface area contributed by atoms with Crippen molar-refractivity contribution in [3.8, 4) is 11.5 Å². The molecule has 0 saturated carbocycles. The van der Waals surface area contributed by atoms with Crippen LogP contribution in [0.5, 0.6) is 11.5 Å². The highest BCUT2D eigenvalue weighted by Crippen LogP contribution is 2.37. The lowest BCUT2D eigenvalue weighted by Crippen LogP contribution is -2.15. The zero-order valence-electron chi connectivity index (χ0n) is 14.7. The Morgan fingerprint density at radius 3 is 2.28 bits per heavy atom. The van der Waals surface area contributed by atoms with Crippen molar-refractivity contribution in [1.29, 1.82) is 0 Å². The lowest BCUT2D eigenvalue weighted by atomic mass is 10.2. The molecule has 0 unspecified atom stereocenters. The number of benzene rings is 2. The first-order valence-corrected chi connectivity index (χ1v) is 8.77. The van der Waals surface area contributed by atoms with Gasteiger partial charge in [-0.2, -0.15) is 0 Å². The average Bonchev–Trinajstić information content (AvgIpc) is 2.70. The van der Waals surface area contributed by atoms with Crippen LogP contribution in [0.2, 0.25) is 5.02 Å². The quantitative estimate of drug-likeness (QED) is 0.463. The molecule has 4 rings (SSSR count). The summed E-state index contributed by atoms with van der Waals surface area (Å²) in [6.07, 6.45) is 1.17. The van der Waals surface area contributed by atoms with Crippen LogP contribution in [-0.4, -0.2) is 28.1 Å². The third-order valence-corrected chi connectivity index (χ3v) is 4.28. The summed E-state index contributed by atoms with van der Waals surface area (Å²) < 4.78 is 24.3. The molecular formula is C18H13ClFN5O4. The number of anilines is 4. The number of aromatic nitrogens is 2. The highest BCUT2D eigenvalue weighted by atomic mass is 35.5. The molecule has 0 atom stereocenters. The van der Waals surface area contributed by atoms with Crippen LogP contribution in [0, 0.1) is 15.9 Å². The Bertz CT molecular complexity index is 1100. The highest BCUT2D eigenvalue weighted by Gasteiger charge is 2.24. The fraction of sp³-hybridized carbons (Fsp3) is 0.111. The Hall–Kier alpha value is -3.66. The van der Waals surface area contributed by atoms with Crippen LogP contribution >= 0.6 is 11.6 Å². The Kier molecular flexibility index (Phi) is 5.00. The molecule has 0 fully saturated rings. The third kappa shape index (κ3) is 3.97. The first kappa shape index (κ1) is 18.7. The Morgan fingerprint density at radius 2 is 1.62 bits per heavy atom. The van der Waals surface area contributed by atoms with Gasteiger partial charge in [0.2, 0.25) is 11.6 Å². The molecule has 0 spiro atoms. The van der Waals surface area contributed by atoms with Crippen LogP contribution in [0.15, 0.2) is 42.7 Å². The first-order valence-electron chi connectivity index (χ1n) is 8.39. The van der Waals surface area contributed by atoms with Gasteiger partial charge in [-0.15, -0.1) is 0 Å². The number of hydrogen-bond acceptors (Lipinski definition) is 8. The number of hydrogen-bond donors (Lipinski definition) is 2. The summed E-state index contributed by atoms with van der Waals surface area (Å²) in [7, 11) is 0. The molecule has 9 nitrogen and oxygen atoms in total. The molecule has 2 aromatic carbocycles. The molecular weight excluding hydrogens is 405 g/mol. The smallest absolute Gasteiger partial charge is 0.353 e. The van der Waals surface area contributed by atoms with Crippen molar-refractivity contribution < 1.29 is 18.8 Å². The summed E-state index contributed by atoms with van der Waals surface area (Å²) in [6.45, 7) is 0.873. The van der Waals surface area contributed by atoms with Crippen molar-refractivity contribution in [1.82, 2.24) is 9.97 Å². The van der Waals surface area contributed by atoms with E-state index < -0.39 is 10.7 Å². The molecule has 0 amide bonds. The normalized spacial score (nSPS) is 12.3. The largest absolute Gasteiger partial charge is 0.486 e. The molecule has 2 N–H and O–H groups in total. The molecule has 0 bridgehead atoms. The van der Waals surface area contributed by atoms with Gasteiger partial charge in [-0.25, -0.2) is 14.4 Å². The Labute approximate surface area is 168 Å². The number of fused-ring (bicyclic) bond motifs is 1. The van der Waals surface area contributed by atoms with E-state index >= 15 is 0 Å². The van der Waals surface area contributed by atoms with Gasteiger partial charge in [0.15, 0.2) is 11.5 Å². The van der Waals surface area contributed by atoms with Crippen LogP contribution in [-0.2, 0) is 0 Å². The van der Waals surface area contributed by atoms with E-state index in [9.17, 15) is 14.5 Å². The first-order chi connectivity index (χ1) is 14.0. The molecule has 148 valence electrons. The van der Waals surface area contributed by atoms with E-state index in [-0.39, 0.29) is 22.3 Å². The van der Waals surface area contributed by atoms with E-state index in [1.54, 1.807) is 18.2 Å². The average molecular weight is 418 g/mol. The molecule has 0 saturated heterocycles. The third-order valence-electron chi connectivity index (χ3n) is 3.99. The van der Waals surface area contributed by atoms with Crippen molar-refractivity contribution >= 4 is 40.3 Å². The predicted molar refractivity (Wildman–Crippen MR) is 104 cm³/mol. The maximum atomic E-state index is 13.3. The van der Waals surface area contributed by atoms with Crippen molar-refractivity contribution in [2.75, 3.05) is 23.8 Å². The number of nitrogens with zero attached hydrogens (tertiary/aromatic N) is 3. The summed E-state index contributed by atoms with van der Waals surface area (Å²) >= 11 is 5.76. The molecule has 2 heterocycles. The fourth-order valence-corrected chi connectivity index (χ4v) is 2.88. The van der Waals surface area contributed by atoms with E-state index in [0.717, 1.165) is 6.07 Å². The van der Waals surface area contributed by atoms with Gasteiger partial charge in [0.25, 0.3) is 0 Å². The SMILES string of the molecule is O=[N+]([O-])c1c(Nc2ccc(F)c(Cl)c2)ncnc1Nc1ccc2c(c1)OCCO2. The lowest BCUT2D eigenvalue weighted by Gasteiger charge is -2.19. The fourth-order valence-electron chi connectivity index (χ4n) is 2.70. The minimum atomic E-state index is -0.617. The molecule has 29 heavy (non-hydrogen) atoms. The van der Waals surface area contributed by atoms with Crippen molar-refractivity contribution in [2.24, 2.45) is 0 Å². The molecule has 1 aromatic heterocycles. The Balaban J connectivity index is 1.66. The van der Waals surface area contributed by atoms with Crippen LogP contribution in [0.4, 0.5) is 33.1 Å². The molecule has 1 aliphatic heterocycles. The van der Waals surface area contributed by atoms with Gasteiger partial charge < -0.3 is 20.1 Å². The van der Waals surface area contributed by atoms with Gasteiger partial charge in [-0.05, 0) is 30.3 Å². The summed E-state index contributed by atoms with van der Waals surface area (Å²) in [5.74, 6) is 0.410. The monoisotopic (exact) mass is 417 g/mol. The van der Waals surface area contributed by atoms with E-state index in [0.29, 0.717) is 36.1 Å². The molecule has 11 heteroatoms. The van der Waals surface area contributed by atoms with Crippen LogP contribution < -0.4 is 20.1 Å². The summed E-state index contributed by atoms with van der Waals surface area (Å²) in [6, 6.07) is 8.88. The van der Waals surface area contributed by atoms with Gasteiger partial charge >= 0.3 is 5.69 Å². The van der Waals surface area contributed by atoms with Gasteiger partial charge in [0.1, 0.15) is 25.4 Å². The van der Waals surface area contributed by atoms with Crippen molar-refractivity contribution in [2.45, 2.75) is 0 Å². The second-order valence-corrected chi connectivity index (χ2v) is 6.32. The van der Waals surface area contributed by atoms with Gasteiger partial charge in [-0.1, -0.05) is 11.6 Å². The maximum Gasteiger partial charge on any atom is 0.353 e. The number of nitrogens with one attached hydrogen (secondary N) is 2. The van der Waals surface area contributed by atoms with Crippen LogP contribution in [0.1, 0.15) is 0 Å². The predicted octanol–water partition coefficient (Wildman–Crippen LogP) is 4.44. The standard InChI is InChI=1S/C18H13ClFN5O4/c19-12-7-10(1-3-13(12)20)23-17-16(25(26)27)18(22-9-21-17)24-11-2-4-14-15(8-11)29-6-5-28-14/h1-4,7-9H,5-6H2,(H2,21,22,23,24). The van der Waals surface area contributed by atoms with E-state index in [2.05, 4.69) is 20.6 Å².